The molecule has 7 heteroatoms. The highest BCUT2D eigenvalue weighted by Gasteiger charge is 2.23. The number of ether oxygens (including phenoxy) is 2. The molecular weight excluding hydrogens is 390 g/mol. The Labute approximate surface area is 188 Å². The molecule has 1 unspecified atom stereocenters. The fourth-order valence-corrected chi connectivity index (χ4v) is 4.18. The maximum absolute atomic E-state index is 5.53. The highest BCUT2D eigenvalue weighted by molar-refractivity contribution is 5.79. The lowest BCUT2D eigenvalue weighted by Gasteiger charge is -2.37. The highest BCUT2D eigenvalue weighted by atomic mass is 16.5. The summed E-state index contributed by atoms with van der Waals surface area (Å²) < 4.78 is 11.0. The van der Waals surface area contributed by atoms with Gasteiger partial charge >= 0.3 is 0 Å². The number of aliphatic imine (C=N–C) groups is 1. The Hall–Kier alpha value is -1.67. The minimum atomic E-state index is 0.479. The van der Waals surface area contributed by atoms with Crippen LogP contribution in [0.5, 0.6) is 0 Å². The van der Waals surface area contributed by atoms with Crippen LogP contribution in [0.1, 0.15) is 31.9 Å². The molecule has 2 saturated heterocycles. The lowest BCUT2D eigenvalue weighted by molar-refractivity contribution is 0.00752. The van der Waals surface area contributed by atoms with Crippen LogP contribution in [-0.4, -0.2) is 87.5 Å². The Morgan fingerprint density at radius 3 is 2.16 bits per heavy atom. The fourth-order valence-electron chi connectivity index (χ4n) is 4.18. The van der Waals surface area contributed by atoms with Crippen molar-refractivity contribution in [3.63, 3.8) is 0 Å². The predicted octanol–water partition coefficient (Wildman–Crippen LogP) is 1.93. The number of guanidine groups is 1. The van der Waals surface area contributed by atoms with Crippen LogP contribution in [0.25, 0.3) is 0 Å². The Kier molecular flexibility index (Phi) is 10.1. The van der Waals surface area contributed by atoms with Gasteiger partial charge in [0, 0.05) is 51.9 Å². The van der Waals surface area contributed by atoms with Crippen molar-refractivity contribution < 1.29 is 9.47 Å². The standard InChI is InChI=1S/C24H41N5O2/c1-4-25-24(27-18-23(20(2)3)29-11-15-31-16-12-29)26-17-21-5-7-22(8-6-21)19-28-9-13-30-14-10-28/h5-8,20,23H,4,9-19H2,1-3H3,(H2,25,26,27). The number of hydrogen-bond acceptors (Lipinski definition) is 5. The molecule has 3 rings (SSSR count). The van der Waals surface area contributed by atoms with Gasteiger partial charge in [-0.3, -0.25) is 9.80 Å². The first-order valence-corrected chi connectivity index (χ1v) is 11.9. The lowest BCUT2D eigenvalue weighted by atomic mass is 10.0. The van der Waals surface area contributed by atoms with Gasteiger partial charge in [0.25, 0.3) is 0 Å². The second kappa shape index (κ2) is 13.0. The molecule has 0 bridgehead atoms. The summed E-state index contributed by atoms with van der Waals surface area (Å²) >= 11 is 0. The van der Waals surface area contributed by atoms with Gasteiger partial charge in [-0.1, -0.05) is 38.1 Å². The summed E-state index contributed by atoms with van der Waals surface area (Å²) in [4.78, 5) is 9.82. The third-order valence-corrected chi connectivity index (χ3v) is 6.06. The van der Waals surface area contributed by atoms with Crippen molar-refractivity contribution in [2.75, 3.05) is 65.7 Å². The predicted molar refractivity (Wildman–Crippen MR) is 126 cm³/mol. The average molecular weight is 432 g/mol. The number of benzene rings is 1. The summed E-state index contributed by atoms with van der Waals surface area (Å²) in [5, 5.41) is 6.97. The molecule has 0 radical (unpaired) electrons. The van der Waals surface area contributed by atoms with E-state index in [-0.39, 0.29) is 0 Å². The quantitative estimate of drug-likeness (QED) is 0.460. The van der Waals surface area contributed by atoms with Gasteiger partial charge in [-0.2, -0.15) is 0 Å². The number of nitrogens with one attached hydrogen (secondary N) is 2. The van der Waals surface area contributed by atoms with Crippen LogP contribution in [0, 0.1) is 5.92 Å². The molecule has 0 spiro atoms. The molecule has 2 N–H and O–H groups in total. The molecule has 2 fully saturated rings. The molecule has 2 heterocycles. The number of hydrogen-bond donors (Lipinski definition) is 2. The van der Waals surface area contributed by atoms with E-state index in [1.807, 2.05) is 0 Å². The Morgan fingerprint density at radius 2 is 1.55 bits per heavy atom. The van der Waals surface area contributed by atoms with Crippen molar-refractivity contribution in [1.82, 2.24) is 20.4 Å². The first-order valence-electron chi connectivity index (χ1n) is 11.9. The van der Waals surface area contributed by atoms with E-state index in [9.17, 15) is 0 Å². The van der Waals surface area contributed by atoms with Crippen LogP contribution in [0.4, 0.5) is 0 Å². The topological polar surface area (TPSA) is 61.4 Å². The van der Waals surface area contributed by atoms with E-state index in [2.05, 4.69) is 65.5 Å². The van der Waals surface area contributed by atoms with Gasteiger partial charge in [-0.25, -0.2) is 4.99 Å². The molecule has 0 amide bonds. The van der Waals surface area contributed by atoms with Crippen molar-refractivity contribution >= 4 is 5.96 Å². The monoisotopic (exact) mass is 431 g/mol. The van der Waals surface area contributed by atoms with E-state index in [1.165, 1.54) is 11.1 Å². The van der Waals surface area contributed by atoms with E-state index in [4.69, 9.17) is 14.5 Å². The molecule has 1 aromatic carbocycles. The zero-order chi connectivity index (χ0) is 21.9. The molecule has 0 saturated carbocycles. The molecule has 2 aliphatic heterocycles. The number of nitrogens with zero attached hydrogens (tertiary/aromatic N) is 3. The molecule has 1 aromatic rings. The van der Waals surface area contributed by atoms with Crippen LogP contribution in [0.2, 0.25) is 0 Å². The first kappa shape index (κ1) is 24.0. The summed E-state index contributed by atoms with van der Waals surface area (Å²) in [5.74, 6) is 1.46. The molecule has 1 atom stereocenters. The third kappa shape index (κ3) is 8.07. The van der Waals surface area contributed by atoms with Crippen LogP contribution in [0.3, 0.4) is 0 Å². The summed E-state index contributed by atoms with van der Waals surface area (Å²) in [5.41, 5.74) is 2.58. The zero-order valence-electron chi connectivity index (χ0n) is 19.6. The van der Waals surface area contributed by atoms with Gasteiger partial charge in [0.15, 0.2) is 5.96 Å². The molecule has 7 nitrogen and oxygen atoms in total. The SMILES string of the molecule is CCNC(=NCc1ccc(CN2CCOCC2)cc1)NCC(C(C)C)N1CCOCC1. The van der Waals surface area contributed by atoms with Gasteiger partial charge in [-0.15, -0.1) is 0 Å². The maximum Gasteiger partial charge on any atom is 0.191 e. The summed E-state index contributed by atoms with van der Waals surface area (Å²) in [7, 11) is 0. The van der Waals surface area contributed by atoms with Crippen molar-refractivity contribution in [1.29, 1.82) is 0 Å². The molecule has 174 valence electrons. The minimum Gasteiger partial charge on any atom is -0.379 e. The second-order valence-corrected chi connectivity index (χ2v) is 8.74. The van der Waals surface area contributed by atoms with Crippen molar-refractivity contribution in [3.05, 3.63) is 35.4 Å². The number of rotatable bonds is 9. The van der Waals surface area contributed by atoms with Crippen LogP contribution in [-0.2, 0) is 22.6 Å². The fraction of sp³-hybridized carbons (Fsp3) is 0.708. The number of morpholine rings is 2. The van der Waals surface area contributed by atoms with E-state index in [1.54, 1.807) is 0 Å². The summed E-state index contributed by atoms with van der Waals surface area (Å²) in [6.07, 6.45) is 0. The Bertz CT molecular complexity index is 652. The molecule has 31 heavy (non-hydrogen) atoms. The highest BCUT2D eigenvalue weighted by Crippen LogP contribution is 2.13. The second-order valence-electron chi connectivity index (χ2n) is 8.74. The Morgan fingerprint density at radius 1 is 0.935 bits per heavy atom. The van der Waals surface area contributed by atoms with Crippen LogP contribution < -0.4 is 10.6 Å². The zero-order valence-corrected chi connectivity index (χ0v) is 19.6. The van der Waals surface area contributed by atoms with E-state index in [0.717, 1.165) is 78.2 Å². The van der Waals surface area contributed by atoms with Gasteiger partial charge < -0.3 is 20.1 Å². The van der Waals surface area contributed by atoms with Gasteiger partial charge in [0.05, 0.1) is 33.0 Å². The van der Waals surface area contributed by atoms with E-state index >= 15 is 0 Å². The van der Waals surface area contributed by atoms with Crippen molar-refractivity contribution in [3.8, 4) is 0 Å². The summed E-state index contributed by atoms with van der Waals surface area (Å²) in [6.45, 7) is 17.5. The van der Waals surface area contributed by atoms with E-state index in [0.29, 0.717) is 18.5 Å². The van der Waals surface area contributed by atoms with Crippen molar-refractivity contribution in [2.24, 2.45) is 10.9 Å². The minimum absolute atomic E-state index is 0.479. The summed E-state index contributed by atoms with van der Waals surface area (Å²) in [6, 6.07) is 9.34. The molecule has 0 aromatic heterocycles. The van der Waals surface area contributed by atoms with Gasteiger partial charge in [0.1, 0.15) is 0 Å². The van der Waals surface area contributed by atoms with Gasteiger partial charge in [0.2, 0.25) is 0 Å². The average Bonchev–Trinajstić information content (AvgIpc) is 2.80. The maximum atomic E-state index is 5.53. The molecule has 2 aliphatic rings. The molecule has 0 aliphatic carbocycles. The van der Waals surface area contributed by atoms with Crippen molar-refractivity contribution in [2.45, 2.75) is 39.9 Å². The lowest BCUT2D eigenvalue weighted by Crippen LogP contribution is -2.52. The largest absolute Gasteiger partial charge is 0.379 e. The van der Waals surface area contributed by atoms with E-state index < -0.39 is 0 Å². The van der Waals surface area contributed by atoms with Crippen LogP contribution >= 0.6 is 0 Å². The van der Waals surface area contributed by atoms with Gasteiger partial charge in [-0.05, 0) is 24.0 Å². The third-order valence-electron chi connectivity index (χ3n) is 6.06. The smallest absolute Gasteiger partial charge is 0.191 e. The molecular formula is C24H41N5O2. The first-order chi connectivity index (χ1) is 15.2. The van der Waals surface area contributed by atoms with Crippen LogP contribution in [0.15, 0.2) is 29.3 Å². The normalized spacial score (nSPS) is 20.1. The Balaban J connectivity index is 1.52.